The van der Waals surface area contributed by atoms with Gasteiger partial charge in [-0.15, -0.1) is 0 Å². The predicted octanol–water partition coefficient (Wildman–Crippen LogP) is 2.85. The maximum absolute atomic E-state index is 5.98. The van der Waals surface area contributed by atoms with E-state index in [2.05, 4.69) is 12.2 Å². The quantitative estimate of drug-likeness (QED) is 0.856. The lowest BCUT2D eigenvalue weighted by atomic mass is 10.3. The van der Waals surface area contributed by atoms with Gasteiger partial charge in [0, 0.05) is 31.9 Å². The summed E-state index contributed by atoms with van der Waals surface area (Å²) in [7, 11) is 1.90. The van der Waals surface area contributed by atoms with Crippen molar-refractivity contribution >= 4 is 23.2 Å². The number of halogens is 2. The number of rotatable bonds is 6. The van der Waals surface area contributed by atoms with Crippen LogP contribution in [0.15, 0.2) is 6.07 Å². The van der Waals surface area contributed by atoms with Crippen LogP contribution in [0.25, 0.3) is 0 Å². The second kappa shape index (κ2) is 6.50. The molecule has 0 aromatic carbocycles. The van der Waals surface area contributed by atoms with Crippen LogP contribution in [-0.2, 0) is 18.3 Å². The monoisotopic (exact) mass is 264 g/mol. The maximum atomic E-state index is 5.98. The largest absolute Gasteiger partial charge is 0.380 e. The van der Waals surface area contributed by atoms with Gasteiger partial charge in [-0.1, -0.05) is 23.2 Å². The van der Waals surface area contributed by atoms with E-state index < -0.39 is 0 Å². The second-order valence-electron chi connectivity index (χ2n) is 3.77. The van der Waals surface area contributed by atoms with Gasteiger partial charge in [-0.2, -0.15) is 0 Å². The Bertz CT molecular complexity index is 339. The van der Waals surface area contributed by atoms with Crippen molar-refractivity contribution in [3.05, 3.63) is 21.9 Å². The normalized spacial score (nSPS) is 13.1. The Hall–Kier alpha value is -0.220. The van der Waals surface area contributed by atoms with Crippen molar-refractivity contribution in [2.75, 3.05) is 13.2 Å². The molecule has 1 atom stereocenters. The Morgan fingerprint density at radius 3 is 2.69 bits per heavy atom. The minimum atomic E-state index is 0.312. The number of hydrogen-bond donors (Lipinski definition) is 1. The van der Waals surface area contributed by atoms with Crippen LogP contribution in [0.2, 0.25) is 10.2 Å². The topological polar surface area (TPSA) is 26.2 Å². The number of nitrogens with one attached hydrogen (secondary N) is 1. The molecular weight excluding hydrogens is 247 g/mol. The summed E-state index contributed by atoms with van der Waals surface area (Å²) in [5.74, 6) is 0. The average molecular weight is 265 g/mol. The average Bonchev–Trinajstić information content (AvgIpc) is 2.51. The molecule has 0 bridgehead atoms. The van der Waals surface area contributed by atoms with Gasteiger partial charge < -0.3 is 14.6 Å². The van der Waals surface area contributed by atoms with E-state index in [1.165, 1.54) is 0 Å². The van der Waals surface area contributed by atoms with Crippen molar-refractivity contribution < 1.29 is 4.74 Å². The third-order valence-corrected chi connectivity index (χ3v) is 3.26. The molecule has 0 fully saturated rings. The zero-order chi connectivity index (χ0) is 12.1. The first-order chi connectivity index (χ1) is 7.56. The molecule has 0 saturated carbocycles. The van der Waals surface area contributed by atoms with Gasteiger partial charge in [0.15, 0.2) is 0 Å². The molecule has 5 heteroatoms. The standard InChI is InChI=1S/C11H18Cl2N2O/c1-4-16-7-8(2)14-6-9-5-10(12)11(13)15(9)3/h5,8,14H,4,6-7H2,1-3H3. The van der Waals surface area contributed by atoms with Gasteiger partial charge in [0.1, 0.15) is 5.15 Å². The fourth-order valence-corrected chi connectivity index (χ4v) is 1.81. The molecule has 1 aromatic rings. The Morgan fingerprint density at radius 2 is 2.19 bits per heavy atom. The lowest BCUT2D eigenvalue weighted by molar-refractivity contribution is 0.127. The molecule has 92 valence electrons. The van der Waals surface area contributed by atoms with Gasteiger partial charge in [0.2, 0.25) is 0 Å². The summed E-state index contributed by atoms with van der Waals surface area (Å²) in [5.41, 5.74) is 1.07. The smallest absolute Gasteiger partial charge is 0.127 e. The van der Waals surface area contributed by atoms with Crippen LogP contribution < -0.4 is 5.32 Å². The van der Waals surface area contributed by atoms with E-state index in [0.717, 1.165) is 18.8 Å². The summed E-state index contributed by atoms with van der Waals surface area (Å²) in [6.45, 7) is 6.26. The van der Waals surface area contributed by atoms with E-state index >= 15 is 0 Å². The molecule has 1 N–H and O–H groups in total. The Balaban J connectivity index is 2.45. The summed E-state index contributed by atoms with van der Waals surface area (Å²) >= 11 is 11.9. The summed E-state index contributed by atoms with van der Waals surface area (Å²) in [4.78, 5) is 0. The van der Waals surface area contributed by atoms with E-state index in [4.69, 9.17) is 27.9 Å². The van der Waals surface area contributed by atoms with E-state index in [1.807, 2.05) is 24.6 Å². The highest BCUT2D eigenvalue weighted by Crippen LogP contribution is 2.24. The minimum absolute atomic E-state index is 0.312. The maximum Gasteiger partial charge on any atom is 0.127 e. The van der Waals surface area contributed by atoms with Crippen molar-refractivity contribution in [1.29, 1.82) is 0 Å². The third kappa shape index (κ3) is 3.67. The highest BCUT2D eigenvalue weighted by Gasteiger charge is 2.09. The zero-order valence-corrected chi connectivity index (χ0v) is 11.4. The molecule has 0 aliphatic heterocycles. The van der Waals surface area contributed by atoms with Gasteiger partial charge in [0.05, 0.1) is 11.6 Å². The van der Waals surface area contributed by atoms with Crippen LogP contribution in [0.4, 0.5) is 0 Å². The van der Waals surface area contributed by atoms with Crippen LogP contribution in [0.5, 0.6) is 0 Å². The fourth-order valence-electron chi connectivity index (χ4n) is 1.39. The highest BCUT2D eigenvalue weighted by atomic mass is 35.5. The third-order valence-electron chi connectivity index (χ3n) is 2.42. The van der Waals surface area contributed by atoms with E-state index in [0.29, 0.717) is 22.8 Å². The van der Waals surface area contributed by atoms with Crippen molar-refractivity contribution in [3.8, 4) is 0 Å². The molecule has 0 aliphatic carbocycles. The SMILES string of the molecule is CCOCC(C)NCc1cc(Cl)c(Cl)n1C. The zero-order valence-electron chi connectivity index (χ0n) is 9.89. The second-order valence-corrected chi connectivity index (χ2v) is 4.54. The van der Waals surface area contributed by atoms with Gasteiger partial charge in [0.25, 0.3) is 0 Å². The van der Waals surface area contributed by atoms with Gasteiger partial charge in [-0.3, -0.25) is 0 Å². The molecular formula is C11H18Cl2N2O. The van der Waals surface area contributed by atoms with Crippen LogP contribution in [0, 0.1) is 0 Å². The minimum Gasteiger partial charge on any atom is -0.380 e. The number of hydrogen-bond acceptors (Lipinski definition) is 2. The highest BCUT2D eigenvalue weighted by molar-refractivity contribution is 6.41. The first-order valence-electron chi connectivity index (χ1n) is 5.37. The summed E-state index contributed by atoms with van der Waals surface area (Å²) in [6.07, 6.45) is 0. The molecule has 0 aliphatic rings. The molecule has 0 spiro atoms. The van der Waals surface area contributed by atoms with Crippen LogP contribution >= 0.6 is 23.2 Å². The summed E-state index contributed by atoms with van der Waals surface area (Å²) in [6, 6.07) is 2.19. The van der Waals surface area contributed by atoms with Gasteiger partial charge in [-0.05, 0) is 19.9 Å². The number of aromatic nitrogens is 1. The predicted molar refractivity (Wildman–Crippen MR) is 68.2 cm³/mol. The molecule has 1 heterocycles. The molecule has 0 amide bonds. The van der Waals surface area contributed by atoms with Crippen LogP contribution in [0.3, 0.4) is 0 Å². The van der Waals surface area contributed by atoms with Crippen molar-refractivity contribution in [2.45, 2.75) is 26.4 Å². The van der Waals surface area contributed by atoms with Crippen LogP contribution in [0.1, 0.15) is 19.5 Å². The lowest BCUT2D eigenvalue weighted by Gasteiger charge is -2.13. The van der Waals surface area contributed by atoms with Crippen molar-refractivity contribution in [1.82, 2.24) is 9.88 Å². The number of nitrogens with zero attached hydrogens (tertiary/aromatic N) is 1. The number of ether oxygens (including phenoxy) is 1. The molecule has 0 radical (unpaired) electrons. The summed E-state index contributed by atoms with van der Waals surface area (Å²) < 4.78 is 7.20. The molecule has 1 unspecified atom stereocenters. The summed E-state index contributed by atoms with van der Waals surface area (Å²) in [5, 5.41) is 4.53. The molecule has 1 aromatic heterocycles. The lowest BCUT2D eigenvalue weighted by Crippen LogP contribution is -2.30. The first kappa shape index (κ1) is 13.8. The van der Waals surface area contributed by atoms with Crippen molar-refractivity contribution in [2.24, 2.45) is 7.05 Å². The fraction of sp³-hybridized carbons (Fsp3) is 0.636. The van der Waals surface area contributed by atoms with Crippen molar-refractivity contribution in [3.63, 3.8) is 0 Å². The Kier molecular flexibility index (Phi) is 5.62. The van der Waals surface area contributed by atoms with E-state index in [9.17, 15) is 0 Å². The molecule has 3 nitrogen and oxygen atoms in total. The Labute approximate surface area is 107 Å². The molecule has 0 saturated heterocycles. The Morgan fingerprint density at radius 1 is 1.50 bits per heavy atom. The van der Waals surface area contributed by atoms with Gasteiger partial charge >= 0.3 is 0 Å². The van der Waals surface area contributed by atoms with E-state index in [1.54, 1.807) is 0 Å². The van der Waals surface area contributed by atoms with E-state index in [-0.39, 0.29) is 0 Å². The van der Waals surface area contributed by atoms with Crippen LogP contribution in [-0.4, -0.2) is 23.8 Å². The first-order valence-corrected chi connectivity index (χ1v) is 6.12. The van der Waals surface area contributed by atoms with Gasteiger partial charge in [-0.25, -0.2) is 0 Å². The molecule has 16 heavy (non-hydrogen) atoms. The molecule has 1 rings (SSSR count).